The zero-order valence-electron chi connectivity index (χ0n) is 11.8. The van der Waals surface area contributed by atoms with Crippen molar-refractivity contribution in [1.82, 2.24) is 5.32 Å². The summed E-state index contributed by atoms with van der Waals surface area (Å²) in [5.74, 6) is 0.617. The van der Waals surface area contributed by atoms with E-state index in [2.05, 4.69) is 11.4 Å². The topological polar surface area (TPSA) is 47.6 Å². The Labute approximate surface area is 123 Å². The van der Waals surface area contributed by atoms with Gasteiger partial charge in [0.1, 0.15) is 12.4 Å². The minimum absolute atomic E-state index is 0.145. The van der Waals surface area contributed by atoms with Crippen LogP contribution in [0.15, 0.2) is 48.5 Å². The average molecular weight is 283 g/mol. The number of para-hydroxylation sites is 1. The first-order valence-corrected chi connectivity index (χ1v) is 6.91. The quantitative estimate of drug-likeness (QED) is 0.876. The largest absolute Gasteiger partial charge is 0.491 e. The van der Waals surface area contributed by atoms with E-state index in [0.29, 0.717) is 18.7 Å². The van der Waals surface area contributed by atoms with Crippen molar-refractivity contribution >= 4 is 5.97 Å². The number of carbonyl (C=O) groups is 1. The van der Waals surface area contributed by atoms with Crippen molar-refractivity contribution in [2.24, 2.45) is 0 Å². The summed E-state index contributed by atoms with van der Waals surface area (Å²) >= 11 is 0. The second kappa shape index (κ2) is 5.97. The number of rotatable bonds is 4. The van der Waals surface area contributed by atoms with Gasteiger partial charge < -0.3 is 14.8 Å². The van der Waals surface area contributed by atoms with E-state index in [9.17, 15) is 4.79 Å². The summed E-state index contributed by atoms with van der Waals surface area (Å²) in [4.78, 5) is 11.8. The molecule has 0 aliphatic carbocycles. The number of fused-ring (bicyclic) bond motifs is 1. The molecule has 0 spiro atoms. The Kier molecular flexibility index (Phi) is 3.88. The first kappa shape index (κ1) is 13.6. The van der Waals surface area contributed by atoms with E-state index in [4.69, 9.17) is 9.47 Å². The van der Waals surface area contributed by atoms with Crippen LogP contribution in [0.25, 0.3) is 0 Å². The number of methoxy groups -OCH3 is 1. The van der Waals surface area contributed by atoms with Crippen LogP contribution in [0.4, 0.5) is 0 Å². The van der Waals surface area contributed by atoms with E-state index in [1.54, 1.807) is 6.07 Å². The molecule has 0 amide bonds. The van der Waals surface area contributed by atoms with Crippen LogP contribution < -0.4 is 10.1 Å². The molecule has 108 valence electrons. The third-order valence-corrected chi connectivity index (χ3v) is 3.66. The smallest absolute Gasteiger partial charge is 0.338 e. The minimum Gasteiger partial charge on any atom is -0.491 e. The summed E-state index contributed by atoms with van der Waals surface area (Å²) in [5.41, 5.74) is 2.68. The van der Waals surface area contributed by atoms with Crippen LogP contribution in [0.2, 0.25) is 0 Å². The molecule has 2 aromatic rings. The van der Waals surface area contributed by atoms with Gasteiger partial charge in [-0.15, -0.1) is 0 Å². The number of esters is 1. The lowest BCUT2D eigenvalue weighted by atomic mass is 10.1. The Hall–Kier alpha value is -2.33. The summed E-state index contributed by atoms with van der Waals surface area (Å²) in [7, 11) is 1.40. The van der Waals surface area contributed by atoms with Gasteiger partial charge in [-0.3, -0.25) is 0 Å². The van der Waals surface area contributed by atoms with E-state index < -0.39 is 0 Å². The van der Waals surface area contributed by atoms with Gasteiger partial charge in [-0.1, -0.05) is 36.4 Å². The summed E-state index contributed by atoms with van der Waals surface area (Å²) in [6.07, 6.45) is 0. The zero-order valence-corrected chi connectivity index (χ0v) is 11.8. The maximum atomic E-state index is 11.8. The number of nitrogens with one attached hydrogen (secondary N) is 1. The Balaban J connectivity index is 1.73. The molecule has 1 aliphatic rings. The van der Waals surface area contributed by atoms with Crippen molar-refractivity contribution in [2.45, 2.75) is 12.6 Å². The molecule has 0 aromatic heterocycles. The molecule has 2 aromatic carbocycles. The molecule has 0 saturated heterocycles. The van der Waals surface area contributed by atoms with Gasteiger partial charge in [0.2, 0.25) is 0 Å². The molecule has 21 heavy (non-hydrogen) atoms. The SMILES string of the molecule is COC(=O)c1ccccc1CNC1COc2ccccc21. The van der Waals surface area contributed by atoms with Crippen molar-refractivity contribution in [1.29, 1.82) is 0 Å². The second-order valence-corrected chi connectivity index (χ2v) is 4.93. The van der Waals surface area contributed by atoms with Gasteiger partial charge in [0, 0.05) is 12.1 Å². The number of hydrogen-bond acceptors (Lipinski definition) is 4. The maximum absolute atomic E-state index is 11.8. The monoisotopic (exact) mass is 283 g/mol. The third kappa shape index (κ3) is 2.76. The number of benzene rings is 2. The first-order chi connectivity index (χ1) is 10.3. The molecular formula is C17H17NO3. The number of carbonyl (C=O) groups excluding carboxylic acids is 1. The highest BCUT2D eigenvalue weighted by Gasteiger charge is 2.23. The normalized spacial score (nSPS) is 16.1. The zero-order chi connectivity index (χ0) is 14.7. The Morgan fingerprint density at radius 1 is 1.24 bits per heavy atom. The van der Waals surface area contributed by atoms with Crippen molar-refractivity contribution in [3.05, 3.63) is 65.2 Å². The van der Waals surface area contributed by atoms with E-state index in [-0.39, 0.29) is 12.0 Å². The van der Waals surface area contributed by atoms with Gasteiger partial charge in [-0.2, -0.15) is 0 Å². The first-order valence-electron chi connectivity index (χ1n) is 6.91. The molecule has 3 rings (SSSR count). The van der Waals surface area contributed by atoms with Crippen LogP contribution in [0.3, 0.4) is 0 Å². The van der Waals surface area contributed by atoms with Crippen LogP contribution in [-0.4, -0.2) is 19.7 Å². The van der Waals surface area contributed by atoms with Gasteiger partial charge in [0.15, 0.2) is 0 Å². The summed E-state index contributed by atoms with van der Waals surface area (Å²) in [6.45, 7) is 1.20. The Bertz CT molecular complexity index is 654. The summed E-state index contributed by atoms with van der Waals surface area (Å²) in [5, 5.41) is 3.44. The summed E-state index contributed by atoms with van der Waals surface area (Å²) in [6, 6.07) is 15.6. The lowest BCUT2D eigenvalue weighted by Crippen LogP contribution is -2.23. The molecule has 1 heterocycles. The lowest BCUT2D eigenvalue weighted by Gasteiger charge is -2.13. The van der Waals surface area contributed by atoms with Crippen LogP contribution in [0.5, 0.6) is 5.75 Å². The van der Waals surface area contributed by atoms with Gasteiger partial charge in [0.05, 0.1) is 18.7 Å². The molecule has 0 saturated carbocycles. The van der Waals surface area contributed by atoms with E-state index >= 15 is 0 Å². The predicted octanol–water partition coefficient (Wildman–Crippen LogP) is 2.70. The molecule has 4 nitrogen and oxygen atoms in total. The molecular weight excluding hydrogens is 266 g/mol. The van der Waals surface area contributed by atoms with E-state index in [1.807, 2.05) is 36.4 Å². The molecule has 0 bridgehead atoms. The van der Waals surface area contributed by atoms with E-state index in [0.717, 1.165) is 16.9 Å². The third-order valence-electron chi connectivity index (χ3n) is 3.66. The van der Waals surface area contributed by atoms with Crippen molar-refractivity contribution in [3.8, 4) is 5.75 Å². The maximum Gasteiger partial charge on any atom is 0.338 e. The van der Waals surface area contributed by atoms with Gasteiger partial charge in [-0.25, -0.2) is 4.79 Å². The fourth-order valence-electron chi connectivity index (χ4n) is 2.55. The van der Waals surface area contributed by atoms with E-state index in [1.165, 1.54) is 7.11 Å². The van der Waals surface area contributed by atoms with Crippen LogP contribution in [0.1, 0.15) is 27.5 Å². The molecule has 4 heteroatoms. The Morgan fingerprint density at radius 3 is 2.86 bits per heavy atom. The lowest BCUT2D eigenvalue weighted by molar-refractivity contribution is 0.0599. The highest BCUT2D eigenvalue weighted by atomic mass is 16.5. The average Bonchev–Trinajstić information content (AvgIpc) is 2.96. The number of ether oxygens (including phenoxy) is 2. The number of hydrogen-bond donors (Lipinski definition) is 1. The fraction of sp³-hybridized carbons (Fsp3) is 0.235. The van der Waals surface area contributed by atoms with Crippen molar-refractivity contribution < 1.29 is 14.3 Å². The molecule has 1 N–H and O–H groups in total. The van der Waals surface area contributed by atoms with Crippen LogP contribution in [0, 0.1) is 0 Å². The highest BCUT2D eigenvalue weighted by Crippen LogP contribution is 2.31. The molecule has 1 unspecified atom stereocenters. The molecule has 1 atom stereocenters. The van der Waals surface area contributed by atoms with Gasteiger partial charge >= 0.3 is 5.97 Å². The minimum atomic E-state index is -0.310. The molecule has 0 radical (unpaired) electrons. The van der Waals surface area contributed by atoms with Crippen molar-refractivity contribution in [2.75, 3.05) is 13.7 Å². The highest BCUT2D eigenvalue weighted by molar-refractivity contribution is 5.90. The predicted molar refractivity (Wildman–Crippen MR) is 79.3 cm³/mol. The summed E-state index contributed by atoms with van der Waals surface area (Å²) < 4.78 is 10.5. The van der Waals surface area contributed by atoms with Crippen molar-refractivity contribution in [3.63, 3.8) is 0 Å². The fourth-order valence-corrected chi connectivity index (χ4v) is 2.55. The second-order valence-electron chi connectivity index (χ2n) is 4.93. The van der Waals surface area contributed by atoms with Crippen LogP contribution in [-0.2, 0) is 11.3 Å². The Morgan fingerprint density at radius 2 is 2.00 bits per heavy atom. The molecule has 1 aliphatic heterocycles. The van der Waals surface area contributed by atoms with Gasteiger partial charge in [-0.05, 0) is 17.7 Å². The van der Waals surface area contributed by atoms with Crippen LogP contribution >= 0.6 is 0 Å². The molecule has 0 fully saturated rings. The van der Waals surface area contributed by atoms with Gasteiger partial charge in [0.25, 0.3) is 0 Å². The standard InChI is InChI=1S/C17H17NO3/c1-20-17(19)13-7-3-2-6-12(13)10-18-15-11-21-16-9-5-4-8-14(15)16/h2-9,15,18H,10-11H2,1H3.